The van der Waals surface area contributed by atoms with E-state index in [-0.39, 0.29) is 23.5 Å². The number of Topliss-reactive ketones (excluding diaryl/α,β-unsaturated/α-hetero) is 1. The quantitative estimate of drug-likeness (QED) is 0.260. The molecule has 4 aromatic carbocycles. The van der Waals surface area contributed by atoms with Gasteiger partial charge in [-0.3, -0.25) is 14.4 Å². The Morgan fingerprint density at radius 3 is 2.05 bits per heavy atom. The normalized spacial score (nSPS) is 21.2. The molecule has 2 amide bonds. The average Bonchev–Trinajstić information content (AvgIpc) is 3.85. The van der Waals surface area contributed by atoms with Gasteiger partial charge in [-0.15, -0.1) is 0 Å². The summed E-state index contributed by atoms with van der Waals surface area (Å²) in [7, 11) is 0. The molecule has 2 fully saturated rings. The first-order valence-corrected chi connectivity index (χ1v) is 14.8. The van der Waals surface area contributed by atoms with Gasteiger partial charge in [0.1, 0.15) is 6.04 Å². The van der Waals surface area contributed by atoms with E-state index < -0.39 is 23.9 Å². The van der Waals surface area contributed by atoms with Crippen LogP contribution >= 0.6 is 0 Å². The molecule has 4 unspecified atom stereocenters. The zero-order valence-electron chi connectivity index (χ0n) is 24.0. The first-order chi connectivity index (χ1) is 21.0. The number of nitrogens with zero attached hydrogens (tertiary/aromatic N) is 2. The molecule has 4 atom stereocenters. The maximum atomic E-state index is 14.5. The van der Waals surface area contributed by atoms with Crippen LogP contribution in [0.4, 0.5) is 0 Å². The standard InChI is InChI=1S/C37H33N3O3/c1-24-12-14-26(15-13-24)23-39-36(42)34-31(27-8-4-2-5-9-27)32(35(41)29-10-6-3-7-11-29)33(40(34)37(43)30-20-21-30)28-18-16-25(22-38)17-19-28/h2-19,30-34H,20-21,23H2,1H3,(H,39,42). The summed E-state index contributed by atoms with van der Waals surface area (Å²) < 4.78 is 0. The Labute approximate surface area is 252 Å². The monoisotopic (exact) mass is 567 g/mol. The zero-order valence-corrected chi connectivity index (χ0v) is 24.0. The Balaban J connectivity index is 1.50. The summed E-state index contributed by atoms with van der Waals surface area (Å²) in [5.41, 5.74) is 4.66. The molecule has 1 aliphatic carbocycles. The molecule has 0 aromatic heterocycles. The van der Waals surface area contributed by atoms with E-state index in [9.17, 15) is 19.6 Å². The SMILES string of the molecule is Cc1ccc(CNC(=O)C2C(c3ccccc3)C(C(=O)c3ccccc3)C(c3ccc(C#N)cc3)N2C(=O)C2CC2)cc1. The molecule has 0 spiro atoms. The number of carbonyl (C=O) groups is 3. The van der Waals surface area contributed by atoms with E-state index in [1.165, 1.54) is 0 Å². The second-order valence-corrected chi connectivity index (χ2v) is 11.5. The van der Waals surface area contributed by atoms with E-state index in [0.717, 1.165) is 35.1 Å². The molecule has 1 aliphatic heterocycles. The number of carbonyl (C=O) groups excluding carboxylic acids is 3. The minimum Gasteiger partial charge on any atom is -0.350 e. The van der Waals surface area contributed by atoms with E-state index in [2.05, 4.69) is 11.4 Å². The lowest BCUT2D eigenvalue weighted by molar-refractivity contribution is -0.142. The number of hydrogen-bond acceptors (Lipinski definition) is 4. The third-order valence-corrected chi connectivity index (χ3v) is 8.63. The molecule has 6 rings (SSSR count). The van der Waals surface area contributed by atoms with Gasteiger partial charge in [0.25, 0.3) is 0 Å². The van der Waals surface area contributed by atoms with Gasteiger partial charge >= 0.3 is 0 Å². The Hall–Kier alpha value is -5.02. The molecule has 1 saturated heterocycles. The Morgan fingerprint density at radius 2 is 1.44 bits per heavy atom. The van der Waals surface area contributed by atoms with Crippen molar-refractivity contribution >= 4 is 17.6 Å². The van der Waals surface area contributed by atoms with Gasteiger partial charge in [0.15, 0.2) is 5.78 Å². The van der Waals surface area contributed by atoms with Crippen LogP contribution in [0.15, 0.2) is 109 Å². The summed E-state index contributed by atoms with van der Waals surface area (Å²) in [6.45, 7) is 2.32. The van der Waals surface area contributed by atoms with Crippen molar-refractivity contribution in [1.82, 2.24) is 10.2 Å². The fourth-order valence-corrected chi connectivity index (χ4v) is 6.31. The molecule has 0 bridgehead atoms. The first-order valence-electron chi connectivity index (χ1n) is 14.8. The summed E-state index contributed by atoms with van der Waals surface area (Å²) in [6.07, 6.45) is 1.53. The minimum atomic E-state index is -0.903. The second-order valence-electron chi connectivity index (χ2n) is 11.5. The zero-order chi connectivity index (χ0) is 29.9. The van der Waals surface area contributed by atoms with Crippen LogP contribution in [0.25, 0.3) is 0 Å². The Bertz CT molecular complexity index is 1660. The molecule has 1 saturated carbocycles. The third-order valence-electron chi connectivity index (χ3n) is 8.63. The molecule has 43 heavy (non-hydrogen) atoms. The third kappa shape index (κ3) is 5.72. The molecular formula is C37H33N3O3. The van der Waals surface area contributed by atoms with E-state index >= 15 is 0 Å². The molecule has 1 N–H and O–H groups in total. The average molecular weight is 568 g/mol. The predicted molar refractivity (Wildman–Crippen MR) is 164 cm³/mol. The van der Waals surface area contributed by atoms with E-state index in [0.29, 0.717) is 17.7 Å². The van der Waals surface area contributed by atoms with Gasteiger partial charge in [-0.05, 0) is 48.6 Å². The number of nitrogens with one attached hydrogen (secondary N) is 1. The fraction of sp³-hybridized carbons (Fsp3) is 0.243. The summed E-state index contributed by atoms with van der Waals surface area (Å²) in [6, 6.07) is 34.3. The molecule has 0 radical (unpaired) electrons. The smallest absolute Gasteiger partial charge is 0.243 e. The van der Waals surface area contributed by atoms with Gasteiger partial charge < -0.3 is 10.2 Å². The van der Waals surface area contributed by atoms with Crippen LogP contribution in [-0.2, 0) is 16.1 Å². The van der Waals surface area contributed by atoms with Gasteiger partial charge in [-0.2, -0.15) is 5.26 Å². The highest BCUT2D eigenvalue weighted by molar-refractivity contribution is 6.02. The summed E-state index contributed by atoms with van der Waals surface area (Å²) in [4.78, 5) is 44.8. The van der Waals surface area contributed by atoms with Crippen LogP contribution in [0.2, 0.25) is 0 Å². The molecule has 4 aromatic rings. The number of rotatable bonds is 8. The minimum absolute atomic E-state index is 0.103. The number of benzene rings is 4. The van der Waals surface area contributed by atoms with Gasteiger partial charge in [-0.25, -0.2) is 0 Å². The number of likely N-dealkylation sites (tertiary alicyclic amines) is 1. The van der Waals surface area contributed by atoms with Crippen molar-refractivity contribution in [3.8, 4) is 6.07 Å². The van der Waals surface area contributed by atoms with Crippen molar-refractivity contribution in [2.75, 3.05) is 0 Å². The van der Waals surface area contributed by atoms with Crippen molar-refractivity contribution in [3.05, 3.63) is 143 Å². The summed E-state index contributed by atoms with van der Waals surface area (Å²) in [5, 5.41) is 12.6. The number of nitriles is 1. The highest BCUT2D eigenvalue weighted by atomic mass is 16.2. The van der Waals surface area contributed by atoms with Crippen LogP contribution < -0.4 is 5.32 Å². The van der Waals surface area contributed by atoms with E-state index in [1.54, 1.807) is 29.2 Å². The summed E-state index contributed by atoms with van der Waals surface area (Å²) >= 11 is 0. The number of ketones is 1. The summed E-state index contributed by atoms with van der Waals surface area (Å²) in [5.74, 6) is -1.99. The molecule has 6 nitrogen and oxygen atoms in total. The topological polar surface area (TPSA) is 90.3 Å². The van der Waals surface area contributed by atoms with Crippen LogP contribution in [0.1, 0.15) is 63.0 Å². The lowest BCUT2D eigenvalue weighted by atomic mass is 9.76. The highest BCUT2D eigenvalue weighted by Gasteiger charge is 2.58. The van der Waals surface area contributed by atoms with E-state index in [1.807, 2.05) is 91.9 Å². The number of amides is 2. The van der Waals surface area contributed by atoms with Crippen LogP contribution in [-0.4, -0.2) is 28.5 Å². The maximum Gasteiger partial charge on any atom is 0.243 e. The van der Waals surface area contributed by atoms with Crippen molar-refractivity contribution in [2.24, 2.45) is 11.8 Å². The van der Waals surface area contributed by atoms with Crippen molar-refractivity contribution in [3.63, 3.8) is 0 Å². The molecule has 2 aliphatic rings. The largest absolute Gasteiger partial charge is 0.350 e. The fourth-order valence-electron chi connectivity index (χ4n) is 6.31. The molecule has 214 valence electrons. The van der Waals surface area contributed by atoms with Crippen molar-refractivity contribution < 1.29 is 14.4 Å². The Kier molecular flexibility index (Phi) is 7.89. The van der Waals surface area contributed by atoms with Crippen molar-refractivity contribution in [1.29, 1.82) is 5.26 Å². The van der Waals surface area contributed by atoms with Gasteiger partial charge in [0, 0.05) is 23.9 Å². The maximum absolute atomic E-state index is 14.5. The molecular weight excluding hydrogens is 534 g/mol. The molecule has 6 heteroatoms. The Morgan fingerprint density at radius 1 is 0.814 bits per heavy atom. The number of hydrogen-bond donors (Lipinski definition) is 1. The lowest BCUT2D eigenvalue weighted by Gasteiger charge is -2.32. The van der Waals surface area contributed by atoms with Crippen molar-refractivity contribution in [2.45, 2.75) is 44.3 Å². The van der Waals surface area contributed by atoms with Gasteiger partial charge in [-0.1, -0.05) is 103 Å². The van der Waals surface area contributed by atoms with E-state index in [4.69, 9.17) is 0 Å². The first kappa shape index (κ1) is 28.1. The lowest BCUT2D eigenvalue weighted by Crippen LogP contribution is -2.49. The molecule has 1 heterocycles. The second kappa shape index (κ2) is 12.1. The number of aryl methyl sites for hydroxylation is 1. The van der Waals surface area contributed by atoms with Crippen LogP contribution in [0.3, 0.4) is 0 Å². The van der Waals surface area contributed by atoms with Gasteiger partial charge in [0.2, 0.25) is 11.8 Å². The van der Waals surface area contributed by atoms with Crippen LogP contribution in [0, 0.1) is 30.1 Å². The van der Waals surface area contributed by atoms with Crippen LogP contribution in [0.5, 0.6) is 0 Å². The van der Waals surface area contributed by atoms with Gasteiger partial charge in [0.05, 0.1) is 23.6 Å². The highest BCUT2D eigenvalue weighted by Crippen LogP contribution is 2.53. The predicted octanol–water partition coefficient (Wildman–Crippen LogP) is 6.13.